The number of aromatic nitrogens is 1. The Morgan fingerprint density at radius 2 is 1.92 bits per heavy atom. The molecule has 1 fully saturated rings. The Morgan fingerprint density at radius 1 is 1.19 bits per heavy atom. The maximum atomic E-state index is 13.6. The summed E-state index contributed by atoms with van der Waals surface area (Å²) in [6.45, 7) is 1.72. The number of nitriles is 1. The molecule has 12 heteroatoms. The Balaban J connectivity index is 1.51. The molecule has 2 amide bonds. The molecule has 1 aromatic heterocycles. The van der Waals surface area contributed by atoms with E-state index in [1.54, 1.807) is 24.3 Å². The molecule has 1 N–H and O–H groups in total. The average molecular weight is 520 g/mol. The topological polar surface area (TPSA) is 117 Å². The highest BCUT2D eigenvalue weighted by Crippen LogP contribution is 2.31. The van der Waals surface area contributed by atoms with Gasteiger partial charge in [-0.1, -0.05) is 0 Å². The highest BCUT2D eigenvalue weighted by atomic mass is 19.3. The van der Waals surface area contributed by atoms with Crippen LogP contribution in [-0.4, -0.2) is 105 Å². The summed E-state index contributed by atoms with van der Waals surface area (Å²) >= 11 is 0. The molecule has 0 bridgehead atoms. The zero-order valence-corrected chi connectivity index (χ0v) is 20.9. The molecule has 3 rings (SSSR count). The number of hydrogen-bond acceptors (Lipinski definition) is 8. The summed E-state index contributed by atoms with van der Waals surface area (Å²) < 4.78 is 43.9. The summed E-state index contributed by atoms with van der Waals surface area (Å²) in [6, 6.07) is 7.07. The molecule has 0 aliphatic carbocycles. The van der Waals surface area contributed by atoms with Gasteiger partial charge in [-0.3, -0.25) is 14.6 Å². The van der Waals surface area contributed by atoms with Crippen LogP contribution in [0.5, 0.6) is 5.75 Å². The van der Waals surface area contributed by atoms with Crippen LogP contribution in [0.25, 0.3) is 10.9 Å². The molecule has 0 saturated carbocycles. The van der Waals surface area contributed by atoms with Crippen LogP contribution in [-0.2, 0) is 14.3 Å². The van der Waals surface area contributed by atoms with Crippen LogP contribution < -0.4 is 10.1 Å². The number of pyridine rings is 1. The van der Waals surface area contributed by atoms with Gasteiger partial charge in [0.25, 0.3) is 11.8 Å². The number of rotatable bonds is 13. The van der Waals surface area contributed by atoms with E-state index in [1.807, 2.05) is 19.0 Å². The Labute approximate surface area is 214 Å². The van der Waals surface area contributed by atoms with Gasteiger partial charge in [0.15, 0.2) is 0 Å². The normalized spacial score (nSPS) is 16.6. The second-order valence-electron chi connectivity index (χ2n) is 8.82. The van der Waals surface area contributed by atoms with Gasteiger partial charge in [0.05, 0.1) is 56.7 Å². The zero-order valence-electron chi connectivity index (χ0n) is 20.9. The maximum absolute atomic E-state index is 13.6. The molecular formula is C25H31F2N5O5. The third-order valence-electron chi connectivity index (χ3n) is 5.65. The average Bonchev–Trinajstić information content (AvgIpc) is 3.20. The van der Waals surface area contributed by atoms with Gasteiger partial charge in [-0.25, -0.2) is 8.78 Å². The number of likely N-dealkylation sites (tertiary alicyclic amines) is 1. The molecular weight excluding hydrogens is 488 g/mol. The molecule has 1 aliphatic rings. The summed E-state index contributed by atoms with van der Waals surface area (Å²) in [5.74, 6) is -3.94. The van der Waals surface area contributed by atoms with Crippen LogP contribution in [0, 0.1) is 11.3 Å². The van der Waals surface area contributed by atoms with Gasteiger partial charge in [-0.2, -0.15) is 5.26 Å². The maximum Gasteiger partial charge on any atom is 0.268 e. The van der Waals surface area contributed by atoms with E-state index in [9.17, 15) is 18.4 Å². The number of carbonyl (C=O) groups is 2. The summed E-state index contributed by atoms with van der Waals surface area (Å²) in [7, 11) is 3.95. The van der Waals surface area contributed by atoms with Crippen LogP contribution >= 0.6 is 0 Å². The highest BCUT2D eigenvalue weighted by Gasteiger charge is 2.47. The number of benzene rings is 1. The fourth-order valence-corrected chi connectivity index (χ4v) is 3.75. The van der Waals surface area contributed by atoms with E-state index in [-0.39, 0.29) is 5.56 Å². The number of nitrogens with one attached hydrogen (secondary N) is 1. The van der Waals surface area contributed by atoms with Crippen LogP contribution in [0.2, 0.25) is 0 Å². The van der Waals surface area contributed by atoms with E-state index in [1.165, 1.54) is 12.3 Å². The molecule has 0 radical (unpaired) electrons. The second-order valence-corrected chi connectivity index (χ2v) is 8.82. The fourth-order valence-electron chi connectivity index (χ4n) is 3.75. The zero-order chi connectivity index (χ0) is 26.8. The molecule has 200 valence electrons. The van der Waals surface area contributed by atoms with Crippen molar-refractivity contribution >= 4 is 22.7 Å². The van der Waals surface area contributed by atoms with E-state index in [4.69, 9.17) is 19.5 Å². The van der Waals surface area contributed by atoms with E-state index in [0.717, 1.165) is 11.4 Å². The smallest absolute Gasteiger partial charge is 0.268 e. The van der Waals surface area contributed by atoms with Crippen LogP contribution in [0.1, 0.15) is 16.8 Å². The number of halogens is 2. The van der Waals surface area contributed by atoms with Crippen molar-refractivity contribution in [1.29, 1.82) is 5.26 Å². The third-order valence-corrected chi connectivity index (χ3v) is 5.65. The van der Waals surface area contributed by atoms with Crippen molar-refractivity contribution < 1.29 is 32.6 Å². The molecule has 2 heterocycles. The SMILES string of the molecule is CN(C)CCOCCOCCOc1ccc2nccc(C(=O)NCC(=O)N3CC(F)(F)CC3C#N)c2c1. The highest BCUT2D eigenvalue weighted by molar-refractivity contribution is 6.07. The van der Waals surface area contributed by atoms with Gasteiger partial charge in [-0.15, -0.1) is 0 Å². The van der Waals surface area contributed by atoms with Crippen molar-refractivity contribution in [2.24, 2.45) is 0 Å². The minimum atomic E-state index is -3.12. The van der Waals surface area contributed by atoms with E-state index in [0.29, 0.717) is 49.7 Å². The van der Waals surface area contributed by atoms with Crippen molar-refractivity contribution in [3.63, 3.8) is 0 Å². The monoisotopic (exact) mass is 519 g/mol. The molecule has 1 aliphatic heterocycles. The van der Waals surface area contributed by atoms with Gasteiger partial charge in [0.1, 0.15) is 18.4 Å². The lowest BCUT2D eigenvalue weighted by molar-refractivity contribution is -0.131. The fraction of sp³-hybridized carbons (Fsp3) is 0.520. The number of nitrogens with zero attached hydrogens (tertiary/aromatic N) is 4. The Hall–Kier alpha value is -3.40. The van der Waals surface area contributed by atoms with Crippen molar-refractivity contribution in [3.8, 4) is 11.8 Å². The Kier molecular flexibility index (Phi) is 10.1. The van der Waals surface area contributed by atoms with E-state index >= 15 is 0 Å². The number of amides is 2. The molecule has 37 heavy (non-hydrogen) atoms. The lowest BCUT2D eigenvalue weighted by Gasteiger charge is -2.19. The molecule has 10 nitrogen and oxygen atoms in total. The summed E-state index contributed by atoms with van der Waals surface area (Å²) in [5, 5.41) is 12.0. The molecule has 2 aromatic rings. The summed E-state index contributed by atoms with van der Waals surface area (Å²) in [6.07, 6.45) is 0.747. The Bertz CT molecular complexity index is 1120. The first-order valence-electron chi connectivity index (χ1n) is 11.9. The standard InChI is InChI=1S/C25H31F2N5O5/c1-31(2)7-8-35-9-10-36-11-12-37-19-3-4-22-21(13-19)20(5-6-29-22)24(34)30-16-23(33)32-17-25(26,27)14-18(32)15-28/h3-6,13,18H,7-12,14,16-17H2,1-2H3,(H,30,34). The van der Waals surface area contributed by atoms with Gasteiger partial charge in [0.2, 0.25) is 5.91 Å². The van der Waals surface area contributed by atoms with Crippen LogP contribution in [0.4, 0.5) is 8.78 Å². The summed E-state index contributed by atoms with van der Waals surface area (Å²) in [5.41, 5.74) is 0.791. The number of fused-ring (bicyclic) bond motifs is 1. The van der Waals surface area contributed by atoms with Crippen molar-refractivity contribution in [1.82, 2.24) is 20.1 Å². The van der Waals surface area contributed by atoms with E-state index < -0.39 is 43.3 Å². The van der Waals surface area contributed by atoms with Crippen LogP contribution in [0.15, 0.2) is 30.5 Å². The van der Waals surface area contributed by atoms with Gasteiger partial charge < -0.3 is 29.3 Å². The van der Waals surface area contributed by atoms with E-state index in [2.05, 4.69) is 10.3 Å². The van der Waals surface area contributed by atoms with Gasteiger partial charge >= 0.3 is 0 Å². The number of ether oxygens (including phenoxy) is 3. The molecule has 1 unspecified atom stereocenters. The molecule has 1 aromatic carbocycles. The molecule has 0 spiro atoms. The largest absolute Gasteiger partial charge is 0.491 e. The molecule has 1 atom stereocenters. The second kappa shape index (κ2) is 13.2. The first-order valence-corrected chi connectivity index (χ1v) is 11.9. The first-order chi connectivity index (χ1) is 17.7. The minimum absolute atomic E-state index is 0.248. The number of hydrogen-bond donors (Lipinski definition) is 1. The molecule has 1 saturated heterocycles. The van der Waals surface area contributed by atoms with Crippen molar-refractivity contribution in [2.45, 2.75) is 18.4 Å². The lowest BCUT2D eigenvalue weighted by atomic mass is 10.1. The number of carbonyl (C=O) groups excluding carboxylic acids is 2. The predicted octanol–water partition coefficient (Wildman–Crippen LogP) is 1.70. The van der Waals surface area contributed by atoms with Gasteiger partial charge in [0, 0.05) is 24.5 Å². The lowest BCUT2D eigenvalue weighted by Crippen LogP contribution is -2.43. The van der Waals surface area contributed by atoms with Crippen molar-refractivity contribution in [3.05, 3.63) is 36.0 Å². The number of likely N-dealkylation sites (N-methyl/N-ethyl adjacent to an activating group) is 1. The van der Waals surface area contributed by atoms with Crippen LogP contribution in [0.3, 0.4) is 0 Å². The third kappa shape index (κ3) is 8.31. The summed E-state index contributed by atoms with van der Waals surface area (Å²) in [4.78, 5) is 32.3. The Morgan fingerprint density at radius 3 is 2.65 bits per heavy atom. The van der Waals surface area contributed by atoms with Crippen molar-refractivity contribution in [2.75, 3.05) is 66.8 Å². The quantitative estimate of drug-likeness (QED) is 0.398. The number of alkyl halides is 2. The minimum Gasteiger partial charge on any atom is -0.491 e. The first kappa shape index (κ1) is 28.2. The predicted molar refractivity (Wildman–Crippen MR) is 130 cm³/mol. The van der Waals surface area contributed by atoms with Gasteiger partial charge in [-0.05, 0) is 38.4 Å².